The molecule has 2 atom stereocenters. The minimum absolute atomic E-state index is 0.0295. The van der Waals surface area contributed by atoms with Gasteiger partial charge in [0.2, 0.25) is 0 Å². The zero-order valence-corrected chi connectivity index (χ0v) is 15.4. The van der Waals surface area contributed by atoms with E-state index < -0.39 is 26.2 Å². The van der Waals surface area contributed by atoms with Crippen LogP contribution in [0.1, 0.15) is 41.0 Å². The first-order valence-electron chi connectivity index (χ1n) is 7.56. The van der Waals surface area contributed by atoms with E-state index in [1.165, 1.54) is 0 Å². The molecule has 0 aliphatic carbocycles. The van der Waals surface area contributed by atoms with Gasteiger partial charge in [0.15, 0.2) is 14.1 Å². The van der Waals surface area contributed by atoms with Crippen LogP contribution in [-0.2, 0) is 18.7 Å². The van der Waals surface area contributed by atoms with E-state index in [0.29, 0.717) is 13.2 Å². The van der Waals surface area contributed by atoms with Crippen LogP contribution in [0.3, 0.4) is 0 Å². The minimum Gasteiger partial charge on any atom is -0.481 e. The molecule has 0 radical (unpaired) electrons. The summed E-state index contributed by atoms with van der Waals surface area (Å²) in [7, 11) is -2.06. The topological polar surface area (TPSA) is 65.0 Å². The predicted molar refractivity (Wildman–Crippen MR) is 83.8 cm³/mol. The molecule has 0 aromatic rings. The molecule has 1 fully saturated rings. The molecule has 0 bridgehead atoms. The molecule has 0 amide bonds. The van der Waals surface area contributed by atoms with Crippen LogP contribution in [0.15, 0.2) is 0 Å². The van der Waals surface area contributed by atoms with Crippen LogP contribution < -0.4 is 0 Å². The van der Waals surface area contributed by atoms with E-state index in [0.717, 1.165) is 0 Å². The van der Waals surface area contributed by atoms with Crippen molar-refractivity contribution in [3.63, 3.8) is 0 Å². The molecule has 0 saturated carbocycles. The number of hydrogen-bond donors (Lipinski definition) is 1. The maximum absolute atomic E-state index is 11.2. The Labute approximate surface area is 129 Å². The standard InChI is InChI=1S/C15H30O5Si/c1-11(15(5)18-8-9-19-15)12(10-13(16)17)20-21(6,7)14(2,3)4/h11-12H,8-10H2,1-7H3,(H,16,17)/t11?,12-/m1/s1. The zero-order valence-electron chi connectivity index (χ0n) is 14.4. The molecule has 1 unspecified atom stereocenters. The summed E-state index contributed by atoms with van der Waals surface area (Å²) in [6.45, 7) is 15.6. The average molecular weight is 318 g/mol. The first-order valence-corrected chi connectivity index (χ1v) is 10.5. The summed E-state index contributed by atoms with van der Waals surface area (Å²) in [5.74, 6) is -1.76. The van der Waals surface area contributed by atoms with Gasteiger partial charge in [-0.05, 0) is 25.1 Å². The molecule has 0 aromatic heterocycles. The first-order chi connectivity index (χ1) is 9.39. The Balaban J connectivity index is 2.93. The predicted octanol–water partition coefficient (Wildman–Crippen LogP) is 3.25. The molecule has 1 saturated heterocycles. The van der Waals surface area contributed by atoms with Crippen LogP contribution in [0.4, 0.5) is 0 Å². The van der Waals surface area contributed by atoms with E-state index in [-0.39, 0.29) is 17.4 Å². The number of aliphatic carboxylic acids is 1. The normalized spacial score (nSPS) is 22.0. The van der Waals surface area contributed by atoms with Crippen molar-refractivity contribution in [2.24, 2.45) is 5.92 Å². The summed E-state index contributed by atoms with van der Waals surface area (Å²) in [6.07, 6.45) is -0.442. The van der Waals surface area contributed by atoms with Gasteiger partial charge in [0.25, 0.3) is 0 Å². The summed E-state index contributed by atoms with van der Waals surface area (Å²) in [5, 5.41) is 9.24. The van der Waals surface area contributed by atoms with Crippen molar-refractivity contribution in [3.05, 3.63) is 0 Å². The van der Waals surface area contributed by atoms with Crippen LogP contribution in [-0.4, -0.2) is 44.5 Å². The van der Waals surface area contributed by atoms with Gasteiger partial charge in [-0.2, -0.15) is 0 Å². The third kappa shape index (κ3) is 4.52. The Morgan fingerprint density at radius 1 is 1.33 bits per heavy atom. The van der Waals surface area contributed by atoms with Gasteiger partial charge in [-0.15, -0.1) is 0 Å². The molecule has 0 aromatic carbocycles. The molecule has 1 rings (SSSR count). The summed E-state index contributed by atoms with van der Waals surface area (Å²) >= 11 is 0. The lowest BCUT2D eigenvalue weighted by molar-refractivity contribution is -0.198. The van der Waals surface area contributed by atoms with Crippen molar-refractivity contribution < 1.29 is 23.8 Å². The summed E-state index contributed by atoms with van der Waals surface area (Å²) < 4.78 is 17.7. The Bertz CT molecular complexity index is 369. The molecule has 6 heteroatoms. The molecular formula is C15H30O5Si. The third-order valence-electron chi connectivity index (χ3n) is 4.87. The maximum Gasteiger partial charge on any atom is 0.305 e. The van der Waals surface area contributed by atoms with Gasteiger partial charge in [0.1, 0.15) is 0 Å². The summed E-state index contributed by atoms with van der Waals surface area (Å²) in [5.41, 5.74) is 0. The minimum atomic E-state index is -2.06. The maximum atomic E-state index is 11.2. The van der Waals surface area contributed by atoms with Crippen LogP contribution in [0.5, 0.6) is 0 Å². The van der Waals surface area contributed by atoms with Crippen molar-refractivity contribution >= 4 is 14.3 Å². The third-order valence-corrected chi connectivity index (χ3v) is 9.38. The van der Waals surface area contributed by atoms with Crippen LogP contribution >= 0.6 is 0 Å². The lowest BCUT2D eigenvalue weighted by atomic mass is 9.93. The Hall–Kier alpha value is -0.433. The second-order valence-electron chi connectivity index (χ2n) is 7.52. The molecule has 1 N–H and O–H groups in total. The monoisotopic (exact) mass is 318 g/mol. The van der Waals surface area contributed by atoms with E-state index in [1.807, 2.05) is 13.8 Å². The van der Waals surface area contributed by atoms with Gasteiger partial charge in [-0.25, -0.2) is 0 Å². The molecule has 1 aliphatic rings. The number of hydrogen-bond acceptors (Lipinski definition) is 4. The fourth-order valence-corrected chi connectivity index (χ4v) is 3.58. The van der Waals surface area contributed by atoms with E-state index in [4.69, 9.17) is 13.9 Å². The lowest BCUT2D eigenvalue weighted by Crippen LogP contribution is -2.50. The average Bonchev–Trinajstić information content (AvgIpc) is 2.73. The van der Waals surface area contributed by atoms with Gasteiger partial charge in [-0.3, -0.25) is 4.79 Å². The van der Waals surface area contributed by atoms with Gasteiger partial charge in [0.05, 0.1) is 25.7 Å². The first kappa shape index (κ1) is 18.6. The summed E-state index contributed by atoms with van der Waals surface area (Å²) in [6, 6.07) is 0. The van der Waals surface area contributed by atoms with Crippen molar-refractivity contribution in [1.29, 1.82) is 0 Å². The molecule has 21 heavy (non-hydrogen) atoms. The Kier molecular flexibility index (Phi) is 5.64. The van der Waals surface area contributed by atoms with Crippen molar-refractivity contribution in [1.82, 2.24) is 0 Å². The number of carboxylic acid groups (broad SMARTS) is 1. The lowest BCUT2D eigenvalue weighted by Gasteiger charge is -2.43. The quantitative estimate of drug-likeness (QED) is 0.762. The van der Waals surface area contributed by atoms with Crippen molar-refractivity contribution in [2.45, 2.75) is 71.1 Å². The van der Waals surface area contributed by atoms with E-state index in [2.05, 4.69) is 33.9 Å². The van der Waals surface area contributed by atoms with E-state index in [1.54, 1.807) is 0 Å². The van der Waals surface area contributed by atoms with Gasteiger partial charge >= 0.3 is 5.97 Å². The number of carboxylic acids is 1. The highest BCUT2D eigenvalue weighted by molar-refractivity contribution is 6.74. The SMILES string of the molecule is CC([C@@H](CC(=O)O)O[Si](C)(C)C(C)(C)C)C1(C)OCCO1. The highest BCUT2D eigenvalue weighted by Crippen LogP contribution is 2.40. The van der Waals surface area contributed by atoms with Crippen LogP contribution in [0.2, 0.25) is 18.1 Å². The largest absolute Gasteiger partial charge is 0.481 e. The fraction of sp³-hybridized carbons (Fsp3) is 0.933. The number of rotatable bonds is 6. The van der Waals surface area contributed by atoms with Crippen LogP contribution in [0.25, 0.3) is 0 Å². The van der Waals surface area contributed by atoms with Gasteiger partial charge in [0, 0.05) is 5.92 Å². The molecule has 124 valence electrons. The molecular weight excluding hydrogens is 288 g/mol. The second kappa shape index (κ2) is 6.36. The Morgan fingerprint density at radius 3 is 2.19 bits per heavy atom. The highest BCUT2D eigenvalue weighted by atomic mass is 28.4. The highest BCUT2D eigenvalue weighted by Gasteiger charge is 2.46. The number of carbonyl (C=O) groups is 1. The molecule has 1 aliphatic heterocycles. The molecule has 5 nitrogen and oxygen atoms in total. The number of ether oxygens (including phenoxy) is 2. The van der Waals surface area contributed by atoms with E-state index >= 15 is 0 Å². The second-order valence-corrected chi connectivity index (χ2v) is 12.3. The molecule has 1 heterocycles. The van der Waals surface area contributed by atoms with Crippen molar-refractivity contribution in [2.75, 3.05) is 13.2 Å². The smallest absolute Gasteiger partial charge is 0.305 e. The summed E-state index contributed by atoms with van der Waals surface area (Å²) in [4.78, 5) is 11.2. The fourth-order valence-electron chi connectivity index (χ4n) is 2.18. The zero-order chi connectivity index (χ0) is 16.5. The Morgan fingerprint density at radius 2 is 1.81 bits per heavy atom. The molecule has 0 spiro atoms. The van der Waals surface area contributed by atoms with Gasteiger partial charge < -0.3 is 19.0 Å². The van der Waals surface area contributed by atoms with E-state index in [9.17, 15) is 9.90 Å². The van der Waals surface area contributed by atoms with Crippen LogP contribution in [0, 0.1) is 5.92 Å². The van der Waals surface area contributed by atoms with Crippen molar-refractivity contribution in [3.8, 4) is 0 Å². The van der Waals surface area contributed by atoms with Gasteiger partial charge in [-0.1, -0.05) is 27.7 Å².